The average molecular weight is 445 g/mol. The molecule has 10 nitrogen and oxygen atoms in total. The second kappa shape index (κ2) is 9.90. The molecule has 3 N–H and O–H groups in total. The normalized spacial score (nSPS) is 11.4. The molecule has 0 saturated heterocycles. The summed E-state index contributed by atoms with van der Waals surface area (Å²) < 4.78 is 4.46. The number of phenols is 2. The predicted molar refractivity (Wildman–Crippen MR) is 125 cm³/mol. The largest absolute Gasteiger partial charge is 0.508 e. The van der Waals surface area contributed by atoms with E-state index in [0.717, 1.165) is 29.6 Å². The molecule has 2 heterocycles. The minimum absolute atomic E-state index is 0.0481. The second-order valence-corrected chi connectivity index (χ2v) is 7.82. The molecule has 1 aromatic carbocycles. The van der Waals surface area contributed by atoms with Crippen LogP contribution in [0.5, 0.6) is 11.5 Å². The Kier molecular flexibility index (Phi) is 7.24. The average Bonchev–Trinajstić information content (AvgIpc) is 3.13. The number of benzene rings is 1. The van der Waals surface area contributed by atoms with E-state index in [0.29, 0.717) is 43.2 Å². The number of imidazole rings is 1. The van der Waals surface area contributed by atoms with Crippen molar-refractivity contribution in [2.75, 3.05) is 31.1 Å². The molecule has 0 saturated carbocycles. The van der Waals surface area contributed by atoms with Gasteiger partial charge in [-0.1, -0.05) is 0 Å². The molecule has 10 heteroatoms. The number of rotatable bonds is 10. The molecule has 0 aliphatic carbocycles. The van der Waals surface area contributed by atoms with Crippen molar-refractivity contribution < 1.29 is 10.2 Å². The van der Waals surface area contributed by atoms with Crippen molar-refractivity contribution in [3.63, 3.8) is 0 Å². The molecule has 0 unspecified atom stereocenters. The molecule has 0 radical (unpaired) electrons. The maximum atomic E-state index is 12.9. The van der Waals surface area contributed by atoms with Gasteiger partial charge in [0.2, 0.25) is 5.95 Å². The molecule has 174 valence electrons. The molecule has 3 rings (SSSR count). The molecule has 32 heavy (non-hydrogen) atoms. The number of anilines is 1. The highest BCUT2D eigenvalue weighted by atomic mass is 16.3. The van der Waals surface area contributed by atoms with E-state index in [1.165, 1.54) is 17.7 Å². The highest BCUT2D eigenvalue weighted by molar-refractivity contribution is 5.74. The number of aromatic hydroxyl groups is 2. The van der Waals surface area contributed by atoms with E-state index in [1.807, 2.05) is 18.4 Å². The van der Waals surface area contributed by atoms with Gasteiger partial charge in [0.15, 0.2) is 11.2 Å². The van der Waals surface area contributed by atoms with Gasteiger partial charge in [-0.15, -0.1) is 0 Å². The number of phenolic OH excluding ortho intramolecular Hbond substituents is 2. The summed E-state index contributed by atoms with van der Waals surface area (Å²) >= 11 is 0. The zero-order chi connectivity index (χ0) is 23.4. The third-order valence-corrected chi connectivity index (χ3v) is 5.66. The van der Waals surface area contributed by atoms with E-state index >= 15 is 0 Å². The number of aromatic nitrogens is 4. The number of fused-ring (bicyclic) bond motifs is 1. The Morgan fingerprint density at radius 3 is 2.28 bits per heavy atom. The van der Waals surface area contributed by atoms with E-state index in [1.54, 1.807) is 19.2 Å². The monoisotopic (exact) mass is 444 g/mol. The fraction of sp³-hybridized carbons (Fsp3) is 0.500. The first kappa shape index (κ1) is 23.4. The minimum atomic E-state index is -0.391. The number of aryl methyl sites for hydroxylation is 2. The first-order valence-electron chi connectivity index (χ1n) is 10.9. The topological polar surface area (TPSA) is 118 Å². The summed E-state index contributed by atoms with van der Waals surface area (Å²) in [6.45, 7) is 7.53. The van der Waals surface area contributed by atoms with Gasteiger partial charge in [-0.25, -0.2) is 4.79 Å². The molecule has 3 aromatic rings. The molecule has 2 aromatic heterocycles. The first-order chi connectivity index (χ1) is 15.3. The van der Waals surface area contributed by atoms with Gasteiger partial charge in [0, 0.05) is 39.8 Å². The molecular weight excluding hydrogens is 412 g/mol. The Balaban J connectivity index is 1.75. The smallest absolute Gasteiger partial charge is 0.332 e. The van der Waals surface area contributed by atoms with Crippen LogP contribution in [0, 0.1) is 0 Å². The van der Waals surface area contributed by atoms with Crippen molar-refractivity contribution >= 4 is 17.1 Å². The van der Waals surface area contributed by atoms with E-state index < -0.39 is 5.69 Å². The van der Waals surface area contributed by atoms with Crippen LogP contribution in [0.1, 0.15) is 25.8 Å². The van der Waals surface area contributed by atoms with Crippen molar-refractivity contribution in [2.45, 2.75) is 33.2 Å². The van der Waals surface area contributed by atoms with Gasteiger partial charge in [-0.3, -0.25) is 13.9 Å². The predicted octanol–water partition coefficient (Wildman–Crippen LogP) is 0.914. The Hall–Kier alpha value is -3.27. The Morgan fingerprint density at radius 2 is 1.66 bits per heavy atom. The van der Waals surface area contributed by atoms with E-state index in [9.17, 15) is 19.8 Å². The van der Waals surface area contributed by atoms with Crippen molar-refractivity contribution in [3.05, 3.63) is 44.6 Å². The van der Waals surface area contributed by atoms with Gasteiger partial charge in [0.05, 0.1) is 0 Å². The van der Waals surface area contributed by atoms with Crippen LogP contribution in [0.4, 0.5) is 5.95 Å². The van der Waals surface area contributed by atoms with Crippen LogP contribution in [0.15, 0.2) is 27.8 Å². The zero-order valence-corrected chi connectivity index (χ0v) is 19.1. The summed E-state index contributed by atoms with van der Waals surface area (Å²) in [5, 5.41) is 22.5. The molecule has 0 bridgehead atoms. The summed E-state index contributed by atoms with van der Waals surface area (Å²) in [5.41, 5.74) is 0.954. The number of nitrogens with one attached hydrogen (secondary N) is 1. The van der Waals surface area contributed by atoms with Crippen LogP contribution >= 0.6 is 0 Å². The van der Waals surface area contributed by atoms with E-state index in [2.05, 4.69) is 15.2 Å². The highest BCUT2D eigenvalue weighted by Crippen LogP contribution is 2.21. The molecular formula is C22H32N6O4. The van der Waals surface area contributed by atoms with Crippen LogP contribution < -0.4 is 21.5 Å². The highest BCUT2D eigenvalue weighted by Gasteiger charge is 2.21. The third-order valence-electron chi connectivity index (χ3n) is 5.66. The Labute approximate surface area is 186 Å². The molecule has 0 aliphatic heterocycles. The zero-order valence-electron chi connectivity index (χ0n) is 19.1. The van der Waals surface area contributed by atoms with E-state index in [4.69, 9.17) is 0 Å². The number of hydrogen-bond acceptors (Lipinski definition) is 7. The fourth-order valence-corrected chi connectivity index (χ4v) is 3.92. The van der Waals surface area contributed by atoms with E-state index in [-0.39, 0.29) is 17.1 Å². The van der Waals surface area contributed by atoms with Gasteiger partial charge < -0.3 is 25.0 Å². The summed E-state index contributed by atoms with van der Waals surface area (Å²) in [7, 11) is 3.12. The van der Waals surface area contributed by atoms with Gasteiger partial charge in [-0.05, 0) is 57.5 Å². The molecule has 0 fully saturated rings. The number of hydrogen-bond donors (Lipinski definition) is 3. The summed E-state index contributed by atoms with van der Waals surface area (Å²) in [5.74, 6) is 0.789. The van der Waals surface area contributed by atoms with Crippen molar-refractivity contribution in [2.24, 2.45) is 14.1 Å². The van der Waals surface area contributed by atoms with Crippen LogP contribution in [-0.2, 0) is 27.1 Å². The maximum absolute atomic E-state index is 12.9. The quantitative estimate of drug-likeness (QED) is 0.398. The van der Waals surface area contributed by atoms with Gasteiger partial charge in [0.25, 0.3) is 5.56 Å². The van der Waals surface area contributed by atoms with Gasteiger partial charge in [-0.2, -0.15) is 4.98 Å². The minimum Gasteiger partial charge on any atom is -0.508 e. The molecule has 0 amide bonds. The summed E-state index contributed by atoms with van der Waals surface area (Å²) in [6.07, 6.45) is 1.43. The third kappa shape index (κ3) is 4.64. The molecule has 0 spiro atoms. The maximum Gasteiger partial charge on any atom is 0.332 e. The van der Waals surface area contributed by atoms with Crippen molar-refractivity contribution in [1.29, 1.82) is 0 Å². The Bertz CT molecular complexity index is 1190. The van der Waals surface area contributed by atoms with Gasteiger partial charge in [0.1, 0.15) is 11.5 Å². The fourth-order valence-electron chi connectivity index (χ4n) is 3.92. The SMILES string of the molecule is CCN(CC)c1nc2c(c(=O)n(C)c(=O)n2C)n1CCCNCCc1cc(O)cc(O)c1. The van der Waals surface area contributed by atoms with Crippen molar-refractivity contribution in [1.82, 2.24) is 24.0 Å². The van der Waals surface area contributed by atoms with Crippen LogP contribution in [-0.4, -0.2) is 55.1 Å². The lowest BCUT2D eigenvalue weighted by Crippen LogP contribution is -2.37. The summed E-state index contributed by atoms with van der Waals surface area (Å²) in [4.78, 5) is 32.0. The lowest BCUT2D eigenvalue weighted by Gasteiger charge is -2.21. The second-order valence-electron chi connectivity index (χ2n) is 7.82. The Morgan fingerprint density at radius 1 is 1.00 bits per heavy atom. The lowest BCUT2D eigenvalue weighted by molar-refractivity contribution is 0.449. The summed E-state index contributed by atoms with van der Waals surface area (Å²) in [6, 6.07) is 4.57. The first-order valence-corrected chi connectivity index (χ1v) is 10.9. The van der Waals surface area contributed by atoms with Crippen LogP contribution in [0.3, 0.4) is 0 Å². The van der Waals surface area contributed by atoms with Crippen molar-refractivity contribution in [3.8, 4) is 11.5 Å². The number of nitrogens with zero attached hydrogens (tertiary/aromatic N) is 5. The lowest BCUT2D eigenvalue weighted by atomic mass is 10.1. The standard InChI is InChI=1S/C22H32N6O4/c1-5-27(6-2)21-24-19-18(20(31)26(4)22(32)25(19)3)28(21)11-7-9-23-10-8-15-12-16(29)14-17(30)13-15/h12-14,23,29-30H,5-11H2,1-4H3. The van der Waals surface area contributed by atoms with Gasteiger partial charge >= 0.3 is 5.69 Å². The van der Waals surface area contributed by atoms with Crippen LogP contribution in [0.2, 0.25) is 0 Å². The van der Waals surface area contributed by atoms with Crippen LogP contribution in [0.25, 0.3) is 11.2 Å². The molecule has 0 atom stereocenters. The molecule has 0 aliphatic rings.